The summed E-state index contributed by atoms with van der Waals surface area (Å²) in [5.41, 5.74) is 5.27. The molecule has 0 aliphatic carbocycles. The predicted octanol–water partition coefficient (Wildman–Crippen LogP) is 3.86. The van der Waals surface area contributed by atoms with E-state index in [1.54, 1.807) is 0 Å². The molecule has 3 rings (SSSR count). The molecule has 108 valence electrons. The standard InChI is InChI=1S/C18H20N2O/c1-2-13-5-7-14(8-6-13)18(21)20-16-9-10-17-15(12-16)4-3-11-19-17/h5-10,12,19H,2-4,11H2,1H3,(H,20,21). The fraction of sp³-hybridized carbons (Fsp3) is 0.278. The summed E-state index contributed by atoms with van der Waals surface area (Å²) in [6.45, 7) is 3.14. The Morgan fingerprint density at radius 3 is 2.76 bits per heavy atom. The van der Waals surface area contributed by atoms with Crippen LogP contribution in [-0.4, -0.2) is 12.5 Å². The van der Waals surface area contributed by atoms with Crippen LogP contribution in [0, 0.1) is 0 Å². The first kappa shape index (κ1) is 13.7. The SMILES string of the molecule is CCc1ccc(C(=O)Nc2ccc3c(c2)CCCN3)cc1. The number of rotatable bonds is 3. The van der Waals surface area contributed by atoms with E-state index in [1.807, 2.05) is 36.4 Å². The van der Waals surface area contributed by atoms with Crippen molar-refractivity contribution in [1.29, 1.82) is 0 Å². The lowest BCUT2D eigenvalue weighted by Gasteiger charge is -2.18. The summed E-state index contributed by atoms with van der Waals surface area (Å²) < 4.78 is 0. The first-order valence-electron chi connectivity index (χ1n) is 7.53. The Hall–Kier alpha value is -2.29. The van der Waals surface area contributed by atoms with Crippen molar-refractivity contribution in [2.24, 2.45) is 0 Å². The first-order valence-corrected chi connectivity index (χ1v) is 7.53. The number of amides is 1. The van der Waals surface area contributed by atoms with E-state index >= 15 is 0 Å². The molecule has 21 heavy (non-hydrogen) atoms. The molecule has 0 radical (unpaired) electrons. The zero-order valence-electron chi connectivity index (χ0n) is 12.3. The third-order valence-corrected chi connectivity index (χ3v) is 3.93. The number of aryl methyl sites for hydroxylation is 2. The third-order valence-electron chi connectivity index (χ3n) is 3.93. The highest BCUT2D eigenvalue weighted by Gasteiger charge is 2.11. The van der Waals surface area contributed by atoms with Crippen LogP contribution in [0.25, 0.3) is 0 Å². The lowest BCUT2D eigenvalue weighted by Crippen LogP contribution is -2.14. The molecule has 3 heteroatoms. The van der Waals surface area contributed by atoms with E-state index in [0.717, 1.165) is 31.5 Å². The Labute approximate surface area is 125 Å². The Morgan fingerprint density at radius 1 is 1.19 bits per heavy atom. The van der Waals surface area contributed by atoms with Gasteiger partial charge in [0.25, 0.3) is 5.91 Å². The predicted molar refractivity (Wildman–Crippen MR) is 87.0 cm³/mol. The van der Waals surface area contributed by atoms with Crippen molar-refractivity contribution < 1.29 is 4.79 Å². The van der Waals surface area contributed by atoms with E-state index in [4.69, 9.17) is 0 Å². The Bertz CT molecular complexity index is 647. The second-order valence-corrected chi connectivity index (χ2v) is 5.41. The molecule has 0 fully saturated rings. The van der Waals surface area contributed by atoms with Crippen LogP contribution < -0.4 is 10.6 Å². The minimum absolute atomic E-state index is 0.0543. The summed E-state index contributed by atoms with van der Waals surface area (Å²) in [4.78, 5) is 12.3. The zero-order chi connectivity index (χ0) is 14.7. The minimum Gasteiger partial charge on any atom is -0.385 e. The summed E-state index contributed by atoms with van der Waals surface area (Å²) >= 11 is 0. The van der Waals surface area contributed by atoms with E-state index < -0.39 is 0 Å². The molecule has 3 nitrogen and oxygen atoms in total. The lowest BCUT2D eigenvalue weighted by molar-refractivity contribution is 0.102. The normalized spacial score (nSPS) is 13.2. The third kappa shape index (κ3) is 3.07. The van der Waals surface area contributed by atoms with Crippen LogP contribution in [0.4, 0.5) is 11.4 Å². The molecule has 0 spiro atoms. The van der Waals surface area contributed by atoms with Gasteiger partial charge in [0.1, 0.15) is 0 Å². The van der Waals surface area contributed by atoms with E-state index in [9.17, 15) is 4.79 Å². The number of nitrogens with one attached hydrogen (secondary N) is 2. The quantitative estimate of drug-likeness (QED) is 0.896. The van der Waals surface area contributed by atoms with Crippen molar-refractivity contribution in [3.63, 3.8) is 0 Å². The van der Waals surface area contributed by atoms with E-state index in [-0.39, 0.29) is 5.91 Å². The summed E-state index contributed by atoms with van der Waals surface area (Å²) in [5.74, 6) is -0.0543. The molecule has 1 heterocycles. The van der Waals surface area contributed by atoms with Gasteiger partial charge in [0.15, 0.2) is 0 Å². The second-order valence-electron chi connectivity index (χ2n) is 5.41. The molecule has 0 aromatic heterocycles. The molecule has 1 aliphatic heterocycles. The van der Waals surface area contributed by atoms with Crippen molar-refractivity contribution in [2.75, 3.05) is 17.2 Å². The molecule has 0 saturated carbocycles. The zero-order valence-corrected chi connectivity index (χ0v) is 12.3. The molecule has 0 bridgehead atoms. The van der Waals surface area contributed by atoms with Gasteiger partial charge in [0, 0.05) is 23.5 Å². The van der Waals surface area contributed by atoms with E-state index in [0.29, 0.717) is 5.56 Å². The topological polar surface area (TPSA) is 41.1 Å². The van der Waals surface area contributed by atoms with Crippen molar-refractivity contribution in [1.82, 2.24) is 0 Å². The average Bonchev–Trinajstić information content (AvgIpc) is 2.55. The van der Waals surface area contributed by atoms with Crippen LogP contribution in [0.3, 0.4) is 0 Å². The monoisotopic (exact) mass is 280 g/mol. The van der Waals surface area contributed by atoms with Gasteiger partial charge in [-0.2, -0.15) is 0 Å². The maximum Gasteiger partial charge on any atom is 0.255 e. The molecule has 2 N–H and O–H groups in total. The molecule has 0 unspecified atom stereocenters. The number of fused-ring (bicyclic) bond motifs is 1. The molecule has 0 saturated heterocycles. The number of carbonyl (C=O) groups is 1. The molecule has 2 aromatic carbocycles. The van der Waals surface area contributed by atoms with Crippen LogP contribution in [0.15, 0.2) is 42.5 Å². The Morgan fingerprint density at radius 2 is 2.00 bits per heavy atom. The molecule has 2 aromatic rings. The van der Waals surface area contributed by atoms with Gasteiger partial charge in [-0.05, 0) is 60.7 Å². The van der Waals surface area contributed by atoms with E-state index in [2.05, 4.69) is 23.6 Å². The van der Waals surface area contributed by atoms with Gasteiger partial charge in [-0.1, -0.05) is 19.1 Å². The fourth-order valence-electron chi connectivity index (χ4n) is 2.65. The number of hydrogen-bond donors (Lipinski definition) is 2. The van der Waals surface area contributed by atoms with Gasteiger partial charge in [-0.3, -0.25) is 4.79 Å². The summed E-state index contributed by atoms with van der Waals surface area (Å²) in [5, 5.41) is 6.35. The fourth-order valence-corrected chi connectivity index (χ4v) is 2.65. The van der Waals surface area contributed by atoms with Crippen LogP contribution in [0.2, 0.25) is 0 Å². The Balaban J connectivity index is 1.74. The van der Waals surface area contributed by atoms with Crippen molar-refractivity contribution >= 4 is 17.3 Å². The number of hydrogen-bond acceptors (Lipinski definition) is 2. The van der Waals surface area contributed by atoms with Crippen molar-refractivity contribution in [3.8, 4) is 0 Å². The maximum atomic E-state index is 12.3. The van der Waals surface area contributed by atoms with Gasteiger partial charge in [-0.25, -0.2) is 0 Å². The molecule has 1 amide bonds. The second kappa shape index (κ2) is 6.00. The van der Waals surface area contributed by atoms with Gasteiger partial charge < -0.3 is 10.6 Å². The van der Waals surface area contributed by atoms with Crippen LogP contribution in [-0.2, 0) is 12.8 Å². The number of carbonyl (C=O) groups excluding carboxylic acids is 1. The van der Waals surface area contributed by atoms with Gasteiger partial charge in [-0.15, -0.1) is 0 Å². The summed E-state index contributed by atoms with van der Waals surface area (Å²) in [6.07, 6.45) is 3.19. The molecule has 0 atom stereocenters. The highest BCUT2D eigenvalue weighted by molar-refractivity contribution is 6.04. The van der Waals surface area contributed by atoms with Gasteiger partial charge in [0.2, 0.25) is 0 Å². The molecule has 1 aliphatic rings. The first-order chi connectivity index (χ1) is 10.3. The van der Waals surface area contributed by atoms with Gasteiger partial charge in [0.05, 0.1) is 0 Å². The van der Waals surface area contributed by atoms with Crippen molar-refractivity contribution in [2.45, 2.75) is 26.2 Å². The smallest absolute Gasteiger partial charge is 0.255 e. The minimum atomic E-state index is -0.0543. The van der Waals surface area contributed by atoms with Crippen LogP contribution in [0.5, 0.6) is 0 Å². The van der Waals surface area contributed by atoms with Crippen molar-refractivity contribution in [3.05, 3.63) is 59.2 Å². The largest absolute Gasteiger partial charge is 0.385 e. The summed E-state index contributed by atoms with van der Waals surface area (Å²) in [6, 6.07) is 13.8. The Kier molecular flexibility index (Phi) is 3.91. The highest BCUT2D eigenvalue weighted by Crippen LogP contribution is 2.25. The highest BCUT2D eigenvalue weighted by atomic mass is 16.1. The summed E-state index contributed by atoms with van der Waals surface area (Å²) in [7, 11) is 0. The van der Waals surface area contributed by atoms with Gasteiger partial charge >= 0.3 is 0 Å². The van der Waals surface area contributed by atoms with E-state index in [1.165, 1.54) is 16.8 Å². The number of benzene rings is 2. The van der Waals surface area contributed by atoms with Crippen LogP contribution in [0.1, 0.15) is 34.8 Å². The van der Waals surface area contributed by atoms with Crippen LogP contribution >= 0.6 is 0 Å². The number of anilines is 2. The molecular weight excluding hydrogens is 260 g/mol. The lowest BCUT2D eigenvalue weighted by atomic mass is 10.0. The molecular formula is C18H20N2O. The maximum absolute atomic E-state index is 12.3. The average molecular weight is 280 g/mol.